The molecule has 0 fully saturated rings. The number of methoxy groups -OCH3 is 1. The predicted octanol–water partition coefficient (Wildman–Crippen LogP) is 4.43. The number of aromatic hydroxyl groups is 1. The van der Waals surface area contributed by atoms with Crippen LogP contribution in [-0.4, -0.2) is 17.4 Å². The van der Waals surface area contributed by atoms with Gasteiger partial charge in [0.05, 0.1) is 7.11 Å². The van der Waals surface area contributed by atoms with E-state index in [1.807, 2.05) is 49.4 Å². The van der Waals surface area contributed by atoms with Crippen LogP contribution in [0.1, 0.15) is 11.3 Å². The Morgan fingerprint density at radius 1 is 1.20 bits per heavy atom. The van der Waals surface area contributed by atoms with Gasteiger partial charge in [0.1, 0.15) is 5.76 Å². The van der Waals surface area contributed by atoms with Gasteiger partial charge >= 0.3 is 0 Å². The number of hydrogen-bond acceptors (Lipinski definition) is 7. The number of aryl methyl sites for hydroxylation is 1. The van der Waals surface area contributed by atoms with Crippen LogP contribution in [0.15, 0.2) is 57.9 Å². The van der Waals surface area contributed by atoms with Gasteiger partial charge in [-0.25, -0.2) is 0 Å². The maximum atomic E-state index is 10.1. The highest BCUT2D eigenvalue weighted by Crippen LogP contribution is 2.30. The molecule has 0 bridgehead atoms. The number of nitrogens with zero attached hydrogens (tertiary/aromatic N) is 1. The fourth-order valence-corrected chi connectivity index (χ4v) is 2.83. The lowest BCUT2D eigenvalue weighted by Gasteiger charge is -2.11. The van der Waals surface area contributed by atoms with Gasteiger partial charge in [0.25, 0.3) is 0 Å². The van der Waals surface area contributed by atoms with Crippen molar-refractivity contribution < 1.29 is 14.4 Å². The number of nitrogens with one attached hydrogen (secondary N) is 2. The number of phenolic OH excluding ortho intramolecular Hbond substituents is 1. The first kappa shape index (κ1) is 17.0. The number of hydrogen-bond donors (Lipinski definition) is 3. The summed E-state index contributed by atoms with van der Waals surface area (Å²) in [5, 5.41) is 17.3. The molecule has 0 aliphatic heterocycles. The van der Waals surface area contributed by atoms with Crippen LogP contribution in [0.25, 0.3) is 0 Å². The second-order valence-corrected chi connectivity index (χ2v) is 6.25. The highest BCUT2D eigenvalue weighted by Gasteiger charge is 2.07. The zero-order valence-electron chi connectivity index (χ0n) is 13.9. The van der Waals surface area contributed by atoms with Gasteiger partial charge in [-0.05, 0) is 49.2 Å². The van der Waals surface area contributed by atoms with E-state index in [0.717, 1.165) is 21.9 Å². The fraction of sp³-hybridized carbons (Fsp3) is 0.167. The minimum atomic E-state index is 0.164. The Morgan fingerprint density at radius 2 is 2.00 bits per heavy atom. The monoisotopic (exact) mass is 357 g/mol. The SMILES string of the molecule is COc1cccc(CNc2ccc(SNc3cc(C)on3)cc2)c1O. The minimum Gasteiger partial charge on any atom is -0.504 e. The summed E-state index contributed by atoms with van der Waals surface area (Å²) in [7, 11) is 1.54. The molecular weight excluding hydrogens is 338 g/mol. The van der Waals surface area contributed by atoms with E-state index in [4.69, 9.17) is 9.26 Å². The molecule has 0 unspecified atom stereocenters. The van der Waals surface area contributed by atoms with Gasteiger partial charge in [-0.2, -0.15) is 0 Å². The van der Waals surface area contributed by atoms with Gasteiger partial charge in [-0.1, -0.05) is 17.3 Å². The van der Waals surface area contributed by atoms with Crippen LogP contribution < -0.4 is 14.8 Å². The van der Waals surface area contributed by atoms with Gasteiger partial charge in [-0.3, -0.25) is 0 Å². The van der Waals surface area contributed by atoms with E-state index >= 15 is 0 Å². The lowest BCUT2D eigenvalue weighted by molar-refractivity contribution is 0.371. The molecule has 25 heavy (non-hydrogen) atoms. The van der Waals surface area contributed by atoms with Crippen molar-refractivity contribution >= 4 is 23.5 Å². The summed E-state index contributed by atoms with van der Waals surface area (Å²) in [5.41, 5.74) is 1.74. The molecule has 0 amide bonds. The molecule has 0 aliphatic carbocycles. The molecule has 3 N–H and O–H groups in total. The Hall–Kier alpha value is -2.80. The molecule has 0 atom stereocenters. The summed E-state index contributed by atoms with van der Waals surface area (Å²) >= 11 is 1.46. The first-order valence-corrected chi connectivity index (χ1v) is 8.52. The molecule has 130 valence electrons. The van der Waals surface area contributed by atoms with Crippen LogP contribution in [0.3, 0.4) is 0 Å². The van der Waals surface area contributed by atoms with Crippen molar-refractivity contribution in [3.05, 3.63) is 59.9 Å². The molecule has 6 nitrogen and oxygen atoms in total. The quantitative estimate of drug-likeness (QED) is 0.540. The maximum absolute atomic E-state index is 10.1. The number of phenols is 1. The number of para-hydroxylation sites is 1. The van der Waals surface area contributed by atoms with Crippen molar-refractivity contribution in [3.63, 3.8) is 0 Å². The van der Waals surface area contributed by atoms with Gasteiger partial charge in [0, 0.05) is 28.8 Å². The molecular formula is C18H19N3O3S. The van der Waals surface area contributed by atoms with Gasteiger partial charge in [0.15, 0.2) is 17.3 Å². The Morgan fingerprint density at radius 3 is 2.68 bits per heavy atom. The number of ether oxygens (including phenoxy) is 1. The topological polar surface area (TPSA) is 79.5 Å². The maximum Gasteiger partial charge on any atom is 0.179 e. The number of rotatable bonds is 7. The molecule has 7 heteroatoms. The standard InChI is InChI=1S/C18H19N3O3S/c1-12-10-17(20-24-12)21-25-15-8-6-14(7-9-15)19-11-13-4-3-5-16(23-2)18(13)22/h3-10,19,22H,11H2,1-2H3,(H,20,21). The highest BCUT2D eigenvalue weighted by atomic mass is 32.2. The molecule has 0 spiro atoms. The largest absolute Gasteiger partial charge is 0.504 e. The van der Waals surface area contributed by atoms with Gasteiger partial charge in [0.2, 0.25) is 0 Å². The Labute approximate surface area is 150 Å². The Bertz CT molecular complexity index is 834. The molecule has 3 aromatic rings. The first-order chi connectivity index (χ1) is 12.2. The highest BCUT2D eigenvalue weighted by molar-refractivity contribution is 8.00. The van der Waals surface area contributed by atoms with Crippen molar-refractivity contribution in [3.8, 4) is 11.5 Å². The average Bonchev–Trinajstić information content (AvgIpc) is 3.05. The van der Waals surface area contributed by atoms with Crippen LogP contribution >= 0.6 is 11.9 Å². The third kappa shape index (κ3) is 4.39. The van der Waals surface area contributed by atoms with Gasteiger partial charge in [-0.15, -0.1) is 0 Å². The van der Waals surface area contributed by atoms with Gasteiger partial charge < -0.3 is 24.4 Å². The summed E-state index contributed by atoms with van der Waals surface area (Å²) < 4.78 is 13.2. The van der Waals surface area contributed by atoms with Crippen molar-refractivity contribution in [2.45, 2.75) is 18.4 Å². The minimum absolute atomic E-state index is 0.164. The molecule has 0 radical (unpaired) electrons. The molecule has 0 saturated heterocycles. The molecule has 1 aromatic heterocycles. The van der Waals surface area contributed by atoms with Crippen LogP contribution in [0.5, 0.6) is 11.5 Å². The molecule has 0 aliphatic rings. The molecule has 3 rings (SSSR count). The number of anilines is 2. The normalized spacial score (nSPS) is 10.5. The summed E-state index contributed by atoms with van der Waals surface area (Å²) in [6.45, 7) is 2.36. The average molecular weight is 357 g/mol. The third-order valence-corrected chi connectivity index (χ3v) is 4.36. The van der Waals surface area contributed by atoms with E-state index in [-0.39, 0.29) is 5.75 Å². The van der Waals surface area contributed by atoms with Crippen molar-refractivity contribution in [1.29, 1.82) is 0 Å². The Kier molecular flexibility index (Phi) is 5.35. The second kappa shape index (κ2) is 7.85. The summed E-state index contributed by atoms with van der Waals surface area (Å²) in [6, 6.07) is 15.2. The van der Waals surface area contributed by atoms with E-state index in [1.165, 1.54) is 19.1 Å². The van der Waals surface area contributed by atoms with E-state index in [2.05, 4.69) is 15.2 Å². The van der Waals surface area contributed by atoms with Crippen molar-refractivity contribution in [2.75, 3.05) is 17.1 Å². The smallest absolute Gasteiger partial charge is 0.179 e. The Balaban J connectivity index is 1.56. The zero-order valence-corrected chi connectivity index (χ0v) is 14.8. The summed E-state index contributed by atoms with van der Waals surface area (Å²) in [5.74, 6) is 2.10. The van der Waals surface area contributed by atoms with E-state index in [9.17, 15) is 5.11 Å². The van der Waals surface area contributed by atoms with Crippen molar-refractivity contribution in [2.24, 2.45) is 0 Å². The number of aromatic nitrogens is 1. The molecule has 2 aromatic carbocycles. The van der Waals surface area contributed by atoms with Crippen LogP contribution in [0.4, 0.5) is 11.5 Å². The number of benzene rings is 2. The summed E-state index contributed by atoms with van der Waals surface area (Å²) in [4.78, 5) is 1.05. The second-order valence-electron chi connectivity index (χ2n) is 5.37. The van der Waals surface area contributed by atoms with Crippen LogP contribution in [-0.2, 0) is 6.54 Å². The first-order valence-electron chi connectivity index (χ1n) is 7.70. The zero-order chi connectivity index (χ0) is 17.6. The summed E-state index contributed by atoms with van der Waals surface area (Å²) in [6.07, 6.45) is 0. The lowest BCUT2D eigenvalue weighted by atomic mass is 10.2. The fourth-order valence-electron chi connectivity index (χ4n) is 2.24. The van der Waals surface area contributed by atoms with Crippen LogP contribution in [0, 0.1) is 6.92 Å². The lowest BCUT2D eigenvalue weighted by Crippen LogP contribution is -2.00. The molecule has 1 heterocycles. The van der Waals surface area contributed by atoms with Crippen molar-refractivity contribution in [1.82, 2.24) is 5.16 Å². The molecule has 0 saturated carbocycles. The van der Waals surface area contributed by atoms with E-state index in [1.54, 1.807) is 6.07 Å². The van der Waals surface area contributed by atoms with Crippen LogP contribution in [0.2, 0.25) is 0 Å². The predicted molar refractivity (Wildman–Crippen MR) is 99.1 cm³/mol. The van der Waals surface area contributed by atoms with E-state index < -0.39 is 0 Å². The third-order valence-electron chi connectivity index (χ3n) is 3.54. The van der Waals surface area contributed by atoms with E-state index in [0.29, 0.717) is 18.1 Å².